The van der Waals surface area contributed by atoms with Crippen LogP contribution in [0.3, 0.4) is 0 Å². The van der Waals surface area contributed by atoms with E-state index in [0.29, 0.717) is 16.2 Å². The van der Waals surface area contributed by atoms with Gasteiger partial charge in [0.1, 0.15) is 0 Å². The molecule has 3 aromatic carbocycles. The van der Waals surface area contributed by atoms with Gasteiger partial charge < -0.3 is 4.57 Å². The quantitative estimate of drug-likeness (QED) is 0.538. The average Bonchev–Trinajstić information content (AvgIpc) is 2.67. The van der Waals surface area contributed by atoms with E-state index in [0.717, 1.165) is 12.1 Å². The van der Waals surface area contributed by atoms with Gasteiger partial charge >= 0.3 is 6.18 Å². The van der Waals surface area contributed by atoms with Crippen LogP contribution in [0.25, 0.3) is 6.08 Å². The van der Waals surface area contributed by atoms with Crippen molar-refractivity contribution < 1.29 is 17.7 Å². The Morgan fingerprint density at radius 3 is 1.58 bits per heavy atom. The summed E-state index contributed by atoms with van der Waals surface area (Å²) in [5.41, 5.74) is -0.144. The van der Waals surface area contributed by atoms with E-state index in [1.807, 2.05) is 36.4 Å². The Bertz CT molecular complexity index is 887. The largest absolute Gasteiger partial charge is 0.416 e. The molecule has 0 unspecified atom stereocenters. The molecule has 0 saturated heterocycles. The smallest absolute Gasteiger partial charge is 0.309 e. The second kappa shape index (κ2) is 7.35. The van der Waals surface area contributed by atoms with Crippen molar-refractivity contribution in [3.05, 3.63) is 102 Å². The number of rotatable bonds is 4. The summed E-state index contributed by atoms with van der Waals surface area (Å²) in [7, 11) is -3.04. The summed E-state index contributed by atoms with van der Waals surface area (Å²) in [6, 6.07) is 22.9. The first-order chi connectivity index (χ1) is 12.4. The van der Waals surface area contributed by atoms with Gasteiger partial charge in [-0.3, -0.25) is 0 Å². The van der Waals surface area contributed by atoms with Crippen LogP contribution in [0.4, 0.5) is 13.2 Å². The van der Waals surface area contributed by atoms with Gasteiger partial charge in [-0.2, -0.15) is 13.2 Å². The molecule has 0 spiro atoms. The van der Waals surface area contributed by atoms with Crippen molar-refractivity contribution in [2.75, 3.05) is 0 Å². The summed E-state index contributed by atoms with van der Waals surface area (Å²) in [6.07, 6.45) is -2.76. The average molecular weight is 372 g/mol. The minimum atomic E-state index is -4.37. The van der Waals surface area contributed by atoms with E-state index in [1.165, 1.54) is 12.1 Å². The summed E-state index contributed by atoms with van der Waals surface area (Å²) >= 11 is 0. The van der Waals surface area contributed by atoms with Crippen molar-refractivity contribution in [2.24, 2.45) is 0 Å². The first-order valence-corrected chi connectivity index (χ1v) is 9.75. The minimum absolute atomic E-state index is 0.560. The van der Waals surface area contributed by atoms with Gasteiger partial charge in [0, 0.05) is 10.6 Å². The second-order valence-electron chi connectivity index (χ2n) is 5.76. The number of halogens is 3. The molecule has 1 nitrogen and oxygen atoms in total. The fraction of sp³-hybridized carbons (Fsp3) is 0.0476. The van der Waals surface area contributed by atoms with Crippen molar-refractivity contribution in [3.63, 3.8) is 0 Å². The van der Waals surface area contributed by atoms with Crippen LogP contribution in [0, 0.1) is 0 Å². The van der Waals surface area contributed by atoms with E-state index < -0.39 is 18.9 Å². The molecule has 3 aromatic rings. The molecule has 0 aliphatic carbocycles. The Balaban J connectivity index is 1.99. The lowest BCUT2D eigenvalue weighted by Gasteiger charge is -2.15. The van der Waals surface area contributed by atoms with Crippen molar-refractivity contribution in [1.29, 1.82) is 0 Å². The van der Waals surface area contributed by atoms with E-state index in [2.05, 4.69) is 0 Å². The molecule has 0 aliphatic heterocycles. The summed E-state index contributed by atoms with van der Waals surface area (Å²) in [5.74, 6) is 1.60. The number of hydrogen-bond acceptors (Lipinski definition) is 1. The van der Waals surface area contributed by atoms with Gasteiger partial charge in [0.15, 0.2) is 7.14 Å². The molecule has 3 rings (SSSR count). The van der Waals surface area contributed by atoms with Crippen LogP contribution < -0.4 is 10.6 Å². The predicted molar refractivity (Wildman–Crippen MR) is 100 cm³/mol. The normalized spacial score (nSPS) is 12.4. The predicted octanol–water partition coefficient (Wildman–Crippen LogP) is 5.69. The highest BCUT2D eigenvalue weighted by Gasteiger charge is 2.30. The molecule has 5 heteroatoms. The van der Waals surface area contributed by atoms with Gasteiger partial charge in [-0.1, -0.05) is 78.9 Å². The lowest BCUT2D eigenvalue weighted by Crippen LogP contribution is -2.13. The van der Waals surface area contributed by atoms with Crippen molar-refractivity contribution in [1.82, 2.24) is 0 Å². The van der Waals surface area contributed by atoms with Crippen molar-refractivity contribution in [2.45, 2.75) is 6.18 Å². The molecular formula is C21H16F3OP. The molecule has 26 heavy (non-hydrogen) atoms. The molecule has 0 radical (unpaired) electrons. The maximum atomic E-state index is 13.7. The van der Waals surface area contributed by atoms with Crippen LogP contribution in [0.1, 0.15) is 11.1 Å². The molecule has 0 heterocycles. The van der Waals surface area contributed by atoms with Gasteiger partial charge in [0.25, 0.3) is 0 Å². The van der Waals surface area contributed by atoms with E-state index in [-0.39, 0.29) is 0 Å². The van der Waals surface area contributed by atoms with Crippen molar-refractivity contribution >= 4 is 23.8 Å². The van der Waals surface area contributed by atoms with Crippen molar-refractivity contribution in [3.8, 4) is 0 Å². The Morgan fingerprint density at radius 1 is 0.692 bits per heavy atom. The zero-order valence-electron chi connectivity index (χ0n) is 13.7. The van der Waals surface area contributed by atoms with E-state index >= 15 is 0 Å². The third-order valence-electron chi connectivity index (χ3n) is 3.99. The number of benzene rings is 3. The van der Waals surface area contributed by atoms with Crippen LogP contribution in [0.5, 0.6) is 0 Å². The molecule has 0 aromatic heterocycles. The maximum absolute atomic E-state index is 13.7. The zero-order valence-corrected chi connectivity index (χ0v) is 14.6. The topological polar surface area (TPSA) is 17.1 Å². The number of alkyl halides is 3. The molecule has 0 saturated carbocycles. The zero-order chi connectivity index (χ0) is 18.6. The summed E-state index contributed by atoms with van der Waals surface area (Å²) in [6.45, 7) is 0. The van der Waals surface area contributed by atoms with Crippen LogP contribution in [0.15, 0.2) is 90.7 Å². The Hall–Kier alpha value is -2.58. The van der Waals surface area contributed by atoms with Gasteiger partial charge in [0.05, 0.1) is 5.56 Å². The first-order valence-electron chi connectivity index (χ1n) is 7.97. The van der Waals surface area contributed by atoms with Crippen LogP contribution in [0.2, 0.25) is 0 Å². The summed E-state index contributed by atoms with van der Waals surface area (Å²) in [5, 5.41) is 1.35. The molecule has 0 atom stereocenters. The van der Waals surface area contributed by atoms with Gasteiger partial charge in [-0.15, -0.1) is 0 Å². The highest BCUT2D eigenvalue weighted by atomic mass is 31.2. The number of hydrogen-bond donors (Lipinski definition) is 0. The molecule has 0 amide bonds. The lowest BCUT2D eigenvalue weighted by atomic mass is 10.1. The standard InChI is InChI=1S/C21H16F3OP/c22-21(23,24)18-13-11-17(12-14-18)15-16-26(25,19-7-3-1-4-8-19)20-9-5-2-6-10-20/h1-16H/b16-15+. The van der Waals surface area contributed by atoms with Gasteiger partial charge in [0.2, 0.25) is 0 Å². The fourth-order valence-corrected chi connectivity index (χ4v) is 4.85. The highest BCUT2D eigenvalue weighted by Crippen LogP contribution is 2.45. The molecule has 0 aliphatic rings. The van der Waals surface area contributed by atoms with Crippen LogP contribution in [-0.2, 0) is 10.7 Å². The molecule has 0 N–H and O–H groups in total. The SMILES string of the molecule is O=P(/C=C/c1ccc(C(F)(F)F)cc1)(c1ccccc1)c1ccccc1. The first kappa shape index (κ1) is 18.2. The third kappa shape index (κ3) is 3.97. The third-order valence-corrected chi connectivity index (χ3v) is 6.69. The Morgan fingerprint density at radius 2 is 1.15 bits per heavy atom. The van der Waals surface area contributed by atoms with E-state index in [9.17, 15) is 17.7 Å². The van der Waals surface area contributed by atoms with Gasteiger partial charge in [-0.25, -0.2) is 0 Å². The van der Waals surface area contributed by atoms with Gasteiger partial charge in [-0.05, 0) is 23.5 Å². The lowest BCUT2D eigenvalue weighted by molar-refractivity contribution is -0.137. The van der Waals surface area contributed by atoms with E-state index in [4.69, 9.17) is 0 Å². The fourth-order valence-electron chi connectivity index (χ4n) is 2.59. The van der Waals surface area contributed by atoms with E-state index in [1.54, 1.807) is 36.2 Å². The molecule has 132 valence electrons. The van der Waals surface area contributed by atoms with Crippen LogP contribution >= 0.6 is 7.14 Å². The summed E-state index contributed by atoms with van der Waals surface area (Å²) < 4.78 is 51.8. The maximum Gasteiger partial charge on any atom is 0.416 e. The molecule has 0 bridgehead atoms. The molecular weight excluding hydrogens is 356 g/mol. The highest BCUT2D eigenvalue weighted by molar-refractivity contribution is 7.81. The molecule has 0 fully saturated rings. The Labute approximate surface area is 150 Å². The van der Waals surface area contributed by atoms with Crippen LogP contribution in [-0.4, -0.2) is 0 Å². The minimum Gasteiger partial charge on any atom is -0.309 e. The Kier molecular flexibility index (Phi) is 5.15. The summed E-state index contributed by atoms with van der Waals surface area (Å²) in [4.78, 5) is 0. The monoisotopic (exact) mass is 372 g/mol. The second-order valence-corrected chi connectivity index (χ2v) is 8.41.